The second kappa shape index (κ2) is 6.50. The highest BCUT2D eigenvalue weighted by atomic mass is 79.9. The maximum absolute atomic E-state index is 13.8. The Labute approximate surface area is 141 Å². The second-order valence-corrected chi connectivity index (χ2v) is 6.32. The zero-order valence-electron chi connectivity index (χ0n) is 12.1. The quantitative estimate of drug-likeness (QED) is 0.853. The normalized spacial score (nSPS) is 13.5. The minimum absolute atomic E-state index is 0.0382. The molecule has 2 N–H and O–H groups in total. The molecule has 0 aliphatic heterocycles. The van der Waals surface area contributed by atoms with Gasteiger partial charge in [-0.1, -0.05) is 15.9 Å². The average Bonchev–Trinajstić information content (AvgIpc) is 3.31. The molecule has 23 heavy (non-hydrogen) atoms. The van der Waals surface area contributed by atoms with Crippen LogP contribution >= 0.6 is 15.9 Å². The van der Waals surface area contributed by atoms with E-state index in [9.17, 15) is 14.0 Å². The van der Waals surface area contributed by atoms with Crippen LogP contribution in [0.3, 0.4) is 0 Å². The Morgan fingerprint density at radius 1 is 1.04 bits per heavy atom. The third-order valence-electron chi connectivity index (χ3n) is 3.49. The average molecular weight is 377 g/mol. The van der Waals surface area contributed by atoms with Gasteiger partial charge in [-0.15, -0.1) is 0 Å². The smallest absolute Gasteiger partial charge is 0.258 e. The van der Waals surface area contributed by atoms with E-state index in [1.165, 1.54) is 12.1 Å². The lowest BCUT2D eigenvalue weighted by molar-refractivity contribution is 0.0950. The van der Waals surface area contributed by atoms with Gasteiger partial charge in [-0.25, -0.2) is 4.39 Å². The number of benzene rings is 2. The molecule has 1 aliphatic carbocycles. The predicted molar refractivity (Wildman–Crippen MR) is 89.0 cm³/mol. The first-order valence-corrected chi connectivity index (χ1v) is 7.99. The molecule has 2 amide bonds. The largest absolute Gasteiger partial charge is 0.349 e. The Morgan fingerprint density at radius 2 is 1.74 bits per heavy atom. The molecule has 0 atom stereocenters. The molecular weight excluding hydrogens is 363 g/mol. The number of hydrogen-bond acceptors (Lipinski definition) is 2. The zero-order valence-corrected chi connectivity index (χ0v) is 13.7. The summed E-state index contributed by atoms with van der Waals surface area (Å²) < 4.78 is 14.3. The molecule has 118 valence electrons. The van der Waals surface area contributed by atoms with Crippen molar-refractivity contribution in [3.8, 4) is 0 Å². The van der Waals surface area contributed by atoms with Crippen LogP contribution in [-0.2, 0) is 0 Å². The van der Waals surface area contributed by atoms with E-state index in [0.29, 0.717) is 21.8 Å². The molecule has 0 spiro atoms. The Hall–Kier alpha value is -2.21. The van der Waals surface area contributed by atoms with Crippen molar-refractivity contribution < 1.29 is 14.0 Å². The summed E-state index contributed by atoms with van der Waals surface area (Å²) >= 11 is 3.15. The van der Waals surface area contributed by atoms with Crippen LogP contribution in [-0.4, -0.2) is 17.9 Å². The van der Waals surface area contributed by atoms with E-state index < -0.39 is 11.7 Å². The van der Waals surface area contributed by atoms with E-state index in [-0.39, 0.29) is 11.5 Å². The fourth-order valence-electron chi connectivity index (χ4n) is 2.07. The number of anilines is 1. The van der Waals surface area contributed by atoms with Gasteiger partial charge < -0.3 is 10.6 Å². The van der Waals surface area contributed by atoms with Crippen LogP contribution in [0.15, 0.2) is 46.9 Å². The number of amides is 2. The third kappa shape index (κ3) is 3.96. The van der Waals surface area contributed by atoms with Crippen molar-refractivity contribution in [1.29, 1.82) is 0 Å². The summed E-state index contributed by atoms with van der Waals surface area (Å²) in [5.41, 5.74) is 0.994. The van der Waals surface area contributed by atoms with E-state index in [1.54, 1.807) is 30.3 Å². The van der Waals surface area contributed by atoms with Gasteiger partial charge in [0.1, 0.15) is 5.82 Å². The molecular formula is C17H14BrFN2O2. The number of carbonyl (C=O) groups excluding carboxylic acids is 2. The van der Waals surface area contributed by atoms with Crippen molar-refractivity contribution in [3.05, 3.63) is 63.9 Å². The number of rotatable bonds is 4. The number of hydrogen-bond donors (Lipinski definition) is 2. The maximum atomic E-state index is 13.8. The van der Waals surface area contributed by atoms with Crippen molar-refractivity contribution in [2.24, 2.45) is 0 Å². The molecule has 1 fully saturated rings. The highest BCUT2D eigenvalue weighted by molar-refractivity contribution is 9.10. The van der Waals surface area contributed by atoms with E-state index in [4.69, 9.17) is 0 Å². The minimum atomic E-state index is -0.600. The molecule has 6 heteroatoms. The maximum Gasteiger partial charge on any atom is 0.258 e. The van der Waals surface area contributed by atoms with Crippen molar-refractivity contribution >= 4 is 33.4 Å². The van der Waals surface area contributed by atoms with Crippen LogP contribution in [0.2, 0.25) is 0 Å². The standard InChI is InChI=1S/C17H14BrFN2O2/c18-11-3-8-14(15(19)9-11)17(23)21-12-4-1-10(2-5-12)16(22)20-13-6-7-13/h1-5,8-9,13H,6-7H2,(H,20,22)(H,21,23). The molecule has 0 unspecified atom stereocenters. The summed E-state index contributed by atoms with van der Waals surface area (Å²) in [7, 11) is 0. The van der Waals surface area contributed by atoms with E-state index in [1.807, 2.05) is 0 Å². The van der Waals surface area contributed by atoms with Gasteiger partial charge in [-0.2, -0.15) is 0 Å². The molecule has 3 rings (SSSR count). The molecule has 4 nitrogen and oxygen atoms in total. The topological polar surface area (TPSA) is 58.2 Å². The van der Waals surface area contributed by atoms with Crippen LogP contribution in [0.4, 0.5) is 10.1 Å². The van der Waals surface area contributed by atoms with Crippen LogP contribution in [0, 0.1) is 5.82 Å². The number of carbonyl (C=O) groups is 2. The first-order chi connectivity index (χ1) is 11.0. The van der Waals surface area contributed by atoms with Crippen molar-refractivity contribution in [2.75, 3.05) is 5.32 Å². The monoisotopic (exact) mass is 376 g/mol. The Kier molecular flexibility index (Phi) is 4.43. The summed E-state index contributed by atoms with van der Waals surface area (Å²) in [5.74, 6) is -1.26. The summed E-state index contributed by atoms with van der Waals surface area (Å²) in [6.07, 6.45) is 2.05. The highest BCUT2D eigenvalue weighted by Gasteiger charge is 2.23. The zero-order chi connectivity index (χ0) is 16.4. The van der Waals surface area contributed by atoms with Gasteiger partial charge in [0.15, 0.2) is 0 Å². The molecule has 0 saturated heterocycles. The summed E-state index contributed by atoms with van der Waals surface area (Å²) in [6.45, 7) is 0. The molecule has 0 bridgehead atoms. The Bertz CT molecular complexity index is 758. The molecule has 0 radical (unpaired) electrons. The summed E-state index contributed by atoms with van der Waals surface area (Å²) in [4.78, 5) is 23.9. The van der Waals surface area contributed by atoms with Gasteiger partial charge in [-0.05, 0) is 55.3 Å². The molecule has 2 aromatic rings. The third-order valence-corrected chi connectivity index (χ3v) is 3.99. The lowest BCUT2D eigenvalue weighted by atomic mass is 10.1. The van der Waals surface area contributed by atoms with Gasteiger partial charge in [0, 0.05) is 21.8 Å². The molecule has 1 aliphatic rings. The number of nitrogens with one attached hydrogen (secondary N) is 2. The van der Waals surface area contributed by atoms with Gasteiger partial charge in [0.05, 0.1) is 5.56 Å². The summed E-state index contributed by atoms with van der Waals surface area (Å²) in [6, 6.07) is 11.0. The minimum Gasteiger partial charge on any atom is -0.349 e. The molecule has 0 aromatic heterocycles. The predicted octanol–water partition coefficient (Wildman–Crippen LogP) is 3.73. The van der Waals surface area contributed by atoms with Crippen molar-refractivity contribution in [1.82, 2.24) is 5.32 Å². The molecule has 0 heterocycles. The van der Waals surface area contributed by atoms with Crippen molar-refractivity contribution in [3.63, 3.8) is 0 Å². The van der Waals surface area contributed by atoms with Crippen molar-refractivity contribution in [2.45, 2.75) is 18.9 Å². The van der Waals surface area contributed by atoms with Gasteiger partial charge >= 0.3 is 0 Å². The fraction of sp³-hybridized carbons (Fsp3) is 0.176. The van der Waals surface area contributed by atoms with E-state index >= 15 is 0 Å². The van der Waals surface area contributed by atoms with E-state index in [2.05, 4.69) is 26.6 Å². The van der Waals surface area contributed by atoms with E-state index in [0.717, 1.165) is 12.8 Å². The first kappa shape index (κ1) is 15.7. The SMILES string of the molecule is O=C(NC1CC1)c1ccc(NC(=O)c2ccc(Br)cc2F)cc1. The lowest BCUT2D eigenvalue weighted by Crippen LogP contribution is -2.25. The van der Waals surface area contributed by atoms with Crippen LogP contribution in [0.1, 0.15) is 33.6 Å². The van der Waals surface area contributed by atoms with Crippen LogP contribution in [0.5, 0.6) is 0 Å². The van der Waals surface area contributed by atoms with Gasteiger partial charge in [-0.3, -0.25) is 9.59 Å². The van der Waals surface area contributed by atoms with Crippen LogP contribution in [0.25, 0.3) is 0 Å². The first-order valence-electron chi connectivity index (χ1n) is 7.20. The molecule has 1 saturated carbocycles. The Balaban J connectivity index is 1.67. The van der Waals surface area contributed by atoms with Gasteiger partial charge in [0.2, 0.25) is 0 Å². The molecule has 2 aromatic carbocycles. The number of halogens is 2. The summed E-state index contributed by atoms with van der Waals surface area (Å²) in [5, 5.41) is 5.50. The lowest BCUT2D eigenvalue weighted by Gasteiger charge is -2.08. The van der Waals surface area contributed by atoms with Gasteiger partial charge in [0.25, 0.3) is 11.8 Å². The second-order valence-electron chi connectivity index (χ2n) is 5.40. The Morgan fingerprint density at radius 3 is 2.35 bits per heavy atom. The fourth-order valence-corrected chi connectivity index (χ4v) is 2.41. The van der Waals surface area contributed by atoms with Crippen LogP contribution < -0.4 is 10.6 Å². The highest BCUT2D eigenvalue weighted by Crippen LogP contribution is 2.20.